The SMILES string of the molecule is CC(=O)N[C@@H]1[C@@H](O)[C@H](O[C@@H]2O[C@H](CO)[C@@H](O[C@@H]3O[C@H](CO[C@H]4O[C@H](CO)[C@@H](O)[C@H](O)[C@@H]4O[C@@H]4O[C@H](CO)[C@@H](O[C@@H]5O[C@H](CO)[C@H](O)[C@H](O)[C@H]5O)[C@H](O[C@@H]5O[C@@H](C)[C@@H](O)[C@@H](O)[C@@H]5O)[C@H]4NC(C)=O)[C@@H](O[C@@H]4O[C@H](CO)[C@@H](O)[C@H](O)[C@H]4NC(C)=O)[C@H](O[C@H]4O[C@H](CO)[C@@H](O)[C@H](O)[C@@H]4O[C@@H]4O[C@H](CO)[C@@H](O)[C@H](O)[C@H]4NC(C)=O)[C@@H]3O)[C@H](O)[C@H]2NC(C)=O)[C@@H](CO[C@@H]2O[C@@H](C)[C@@H](O)[C@@H](O)[C@@H]2O)O[C@H]1O. The van der Waals surface area contributed by atoms with Gasteiger partial charge in [0.1, 0.15) is 256 Å². The van der Waals surface area contributed by atoms with Crippen molar-refractivity contribution in [2.75, 3.05) is 59.5 Å². The number of amides is 5. The highest BCUT2D eigenvalue weighted by molar-refractivity contribution is 5.75. The standard InChI is InChI=1S/C76H127N5O54/c1-17-38(94)49(105)54(110)71(117-17)115-15-31-59(47(103)33(66(114)119-31)77-19(3)89)128-69-36(80-22(6)92)48(104)58(29(13-87)125-69)129-74-57(113)63(133-76-65(53(109)44(100)28(12-86)124-76)135-68-35(79-21(5)91)46(102)41(97)25(9-83)121-68)61(130-67-34(78-20(4)90)45(101)40(96)24(8-82)120-67)32(127-74)16-116-75-64(52(108)43(99)27(11-85)123-75)134-70-37(81-23(7)93)62(132-72-55(111)50(106)39(95)18(2)118-72)60(30(14-88)126-70)131-73-56(112)51(107)42(98)26(10-84)122-73/h17-18,24-76,82-88,94-114H,8-16H2,1-7H3,(H,77,89)(H,78,90)(H,79,91)(H,80,92)(H,81,93)/t17-,18-,24+,25+,26+,27+,28+,29+,30+,31+,32+,33+,34+,35+,36+,37+,38+,39+,40+,41+,42-,43+,44+,45+,46+,47+,48+,49+,50+,51-,52-,53-,54-,55-,56+,57-,58+,59+,60+,61+,62+,63+,64-,65-,66+,67-,68-,69-,70-,71+,72-,73-,74-,75-,76+/m0/s1. The van der Waals surface area contributed by atoms with Crippen molar-refractivity contribution in [2.24, 2.45) is 0 Å². The zero-order chi connectivity index (χ0) is 99.4. The first-order valence-electron chi connectivity index (χ1n) is 43.4. The Bertz CT molecular complexity index is 3750. The molecule has 0 spiro atoms. The van der Waals surface area contributed by atoms with E-state index in [4.69, 9.17) is 99.5 Å². The minimum atomic E-state index is -2.80. The molecule has 11 heterocycles. The molecular weight excluding hydrogens is 1850 g/mol. The average Bonchev–Trinajstić information content (AvgIpc) is 0.752. The van der Waals surface area contributed by atoms with E-state index in [-0.39, 0.29) is 0 Å². The zero-order valence-electron chi connectivity index (χ0n) is 73.3. The lowest BCUT2D eigenvalue weighted by Gasteiger charge is -2.52. The Balaban J connectivity index is 1.03. The molecule has 11 rings (SSSR count). The van der Waals surface area contributed by atoms with E-state index in [0.717, 1.165) is 34.6 Å². The molecule has 11 fully saturated rings. The predicted molar refractivity (Wildman–Crippen MR) is 417 cm³/mol. The first-order valence-corrected chi connectivity index (χ1v) is 43.4. The van der Waals surface area contributed by atoms with Gasteiger partial charge in [0, 0.05) is 34.6 Å². The van der Waals surface area contributed by atoms with E-state index in [1.165, 1.54) is 13.8 Å². The molecule has 0 unspecified atom stereocenters. The fraction of sp³-hybridized carbons (Fsp3) is 0.934. The van der Waals surface area contributed by atoms with E-state index >= 15 is 0 Å². The second-order valence-electron chi connectivity index (χ2n) is 34.5. The quantitative estimate of drug-likeness (QED) is 0.0284. The summed E-state index contributed by atoms with van der Waals surface area (Å²) >= 11 is 0. The first-order chi connectivity index (χ1) is 63.8. The minimum absolute atomic E-state index is 0.877. The third-order valence-corrected chi connectivity index (χ3v) is 24.9. The molecule has 59 nitrogen and oxygen atoms in total. The molecule has 11 aliphatic heterocycles. The number of carbonyl (C=O) groups is 5. The van der Waals surface area contributed by atoms with Crippen LogP contribution in [0.4, 0.5) is 0 Å². The highest BCUT2D eigenvalue weighted by atomic mass is 16.8. The third-order valence-electron chi connectivity index (χ3n) is 24.9. The topological polar surface area (TPSA) is 906 Å². The van der Waals surface area contributed by atoms with Crippen LogP contribution < -0.4 is 26.6 Å². The van der Waals surface area contributed by atoms with E-state index in [9.17, 15) is 167 Å². The van der Waals surface area contributed by atoms with Gasteiger partial charge in [-0.2, -0.15) is 0 Å². The Kier molecular flexibility index (Phi) is 39.5. The van der Waals surface area contributed by atoms with Crippen molar-refractivity contribution in [3.05, 3.63) is 0 Å². The minimum Gasteiger partial charge on any atom is -0.394 e. The highest BCUT2D eigenvalue weighted by Crippen LogP contribution is 2.43. The molecule has 780 valence electrons. The summed E-state index contributed by atoms with van der Waals surface area (Å²) in [5.74, 6) is -4.94. The van der Waals surface area contributed by atoms with Gasteiger partial charge in [-0.1, -0.05) is 0 Å². The molecule has 0 aliphatic carbocycles. The van der Waals surface area contributed by atoms with E-state index in [2.05, 4.69) is 26.6 Å². The largest absolute Gasteiger partial charge is 0.394 e. The van der Waals surface area contributed by atoms with Crippen molar-refractivity contribution in [3.63, 3.8) is 0 Å². The summed E-state index contributed by atoms with van der Waals surface area (Å²) in [7, 11) is 0. The van der Waals surface area contributed by atoms with E-state index in [0.29, 0.717) is 0 Å². The monoisotopic (exact) mass is 1970 g/mol. The fourth-order valence-corrected chi connectivity index (χ4v) is 17.6. The maximum Gasteiger partial charge on any atom is 0.217 e. The Hall–Kier alpha value is -4.61. The van der Waals surface area contributed by atoms with E-state index < -0.39 is 426 Å². The van der Waals surface area contributed by atoms with Crippen molar-refractivity contribution in [1.29, 1.82) is 0 Å². The van der Waals surface area contributed by atoms with Gasteiger partial charge in [-0.25, -0.2) is 0 Å². The van der Waals surface area contributed by atoms with Gasteiger partial charge in [-0.05, 0) is 13.8 Å². The average molecular weight is 1970 g/mol. The van der Waals surface area contributed by atoms with Crippen molar-refractivity contribution in [3.8, 4) is 0 Å². The molecule has 55 atom stereocenters. The Morgan fingerprint density at radius 3 is 0.926 bits per heavy atom. The summed E-state index contributed by atoms with van der Waals surface area (Å²) in [6.45, 7) is -3.70. The van der Waals surface area contributed by atoms with Gasteiger partial charge in [-0.15, -0.1) is 0 Å². The fourth-order valence-electron chi connectivity index (χ4n) is 17.6. The predicted octanol–water partition coefficient (Wildman–Crippen LogP) is -22.2. The molecule has 5 amide bonds. The normalized spacial score (nSPS) is 49.5. The van der Waals surface area contributed by atoms with Gasteiger partial charge < -0.3 is 269 Å². The van der Waals surface area contributed by atoms with Gasteiger partial charge in [0.2, 0.25) is 29.5 Å². The summed E-state index contributed by atoms with van der Waals surface area (Å²) < 4.78 is 129. The van der Waals surface area contributed by atoms with Crippen LogP contribution >= 0.6 is 0 Å². The summed E-state index contributed by atoms with van der Waals surface area (Å²) in [5, 5.41) is 330. The number of hydrogen-bond acceptors (Lipinski definition) is 54. The van der Waals surface area contributed by atoms with Gasteiger partial charge in [0.05, 0.1) is 71.7 Å². The van der Waals surface area contributed by atoms with Gasteiger partial charge in [0.25, 0.3) is 0 Å². The molecule has 0 bridgehead atoms. The molecule has 0 radical (unpaired) electrons. The van der Waals surface area contributed by atoms with Gasteiger partial charge >= 0.3 is 0 Å². The molecule has 11 aliphatic rings. The lowest BCUT2D eigenvalue weighted by Crippen LogP contribution is -2.72. The lowest BCUT2D eigenvalue weighted by molar-refractivity contribution is -0.408. The molecule has 0 aromatic heterocycles. The molecule has 59 heteroatoms. The molecular formula is C76H127N5O54. The van der Waals surface area contributed by atoms with Crippen LogP contribution in [0.3, 0.4) is 0 Å². The maximum atomic E-state index is 13.7. The number of rotatable bonds is 34. The van der Waals surface area contributed by atoms with Gasteiger partial charge in [-0.3, -0.25) is 24.0 Å². The van der Waals surface area contributed by atoms with Crippen LogP contribution in [-0.2, 0) is 123 Å². The summed E-state index contributed by atoms with van der Waals surface area (Å²) in [6.07, 6.45) is -108. The third kappa shape index (κ3) is 24.7. The molecule has 0 saturated carbocycles. The molecule has 0 aromatic rings. The number of nitrogens with one attached hydrogen (secondary N) is 5. The number of ether oxygens (including phenoxy) is 21. The number of aliphatic hydroxyl groups excluding tert-OH is 28. The molecule has 135 heavy (non-hydrogen) atoms. The number of carbonyl (C=O) groups excluding carboxylic acids is 5. The number of hydrogen-bond donors (Lipinski definition) is 33. The second kappa shape index (κ2) is 48.2. The van der Waals surface area contributed by atoms with Crippen LogP contribution in [0.1, 0.15) is 48.5 Å². The maximum absolute atomic E-state index is 13.7. The summed E-state index contributed by atoms with van der Waals surface area (Å²) in [4.78, 5) is 65.9. The summed E-state index contributed by atoms with van der Waals surface area (Å²) in [5.41, 5.74) is 0. The second-order valence-corrected chi connectivity index (χ2v) is 34.5. The van der Waals surface area contributed by atoms with E-state index in [1.807, 2.05) is 0 Å². The van der Waals surface area contributed by atoms with Crippen LogP contribution in [-0.4, -0.2) is 569 Å². The summed E-state index contributed by atoms with van der Waals surface area (Å²) in [6, 6.07) is -10.0. The molecule has 11 saturated heterocycles. The molecule has 33 N–H and O–H groups in total. The van der Waals surface area contributed by atoms with Crippen molar-refractivity contribution in [2.45, 2.75) is 386 Å². The van der Waals surface area contributed by atoms with Crippen LogP contribution in [0.5, 0.6) is 0 Å². The smallest absolute Gasteiger partial charge is 0.217 e. The Morgan fingerprint density at radius 2 is 0.467 bits per heavy atom. The Labute approximate surface area is 765 Å². The van der Waals surface area contributed by atoms with Crippen LogP contribution in [0.15, 0.2) is 0 Å². The van der Waals surface area contributed by atoms with Crippen LogP contribution in [0, 0.1) is 0 Å². The van der Waals surface area contributed by atoms with Crippen molar-refractivity contribution >= 4 is 29.5 Å². The van der Waals surface area contributed by atoms with Crippen molar-refractivity contribution < 1.29 is 266 Å². The van der Waals surface area contributed by atoms with Crippen LogP contribution in [0.2, 0.25) is 0 Å². The number of aliphatic hydroxyl groups is 28. The lowest BCUT2D eigenvalue weighted by atomic mass is 9.93. The Morgan fingerprint density at radius 1 is 0.207 bits per heavy atom. The first kappa shape index (κ1) is 111. The zero-order valence-corrected chi connectivity index (χ0v) is 73.3. The highest BCUT2D eigenvalue weighted by Gasteiger charge is 2.63. The van der Waals surface area contributed by atoms with Gasteiger partial charge in [0.15, 0.2) is 69.2 Å². The van der Waals surface area contributed by atoms with Crippen molar-refractivity contribution in [1.82, 2.24) is 26.6 Å². The van der Waals surface area contributed by atoms with Crippen LogP contribution in [0.25, 0.3) is 0 Å². The molecule has 0 aromatic carbocycles. The van der Waals surface area contributed by atoms with E-state index in [1.54, 1.807) is 0 Å².